The quantitative estimate of drug-likeness (QED) is 0.445. The Balaban J connectivity index is 3.04. The van der Waals surface area contributed by atoms with Crippen molar-refractivity contribution in [1.29, 1.82) is 5.26 Å². The van der Waals surface area contributed by atoms with E-state index in [2.05, 4.69) is 4.74 Å². The molecule has 5 heteroatoms. The Bertz CT molecular complexity index is 461. The molecule has 5 nitrogen and oxygen atoms in total. The lowest BCUT2D eigenvalue weighted by molar-refractivity contribution is -0.147. The van der Waals surface area contributed by atoms with Gasteiger partial charge >= 0.3 is 5.97 Å². The van der Waals surface area contributed by atoms with Crippen LogP contribution in [0, 0.1) is 17.2 Å². The zero-order valence-corrected chi connectivity index (χ0v) is 10.1. The van der Waals surface area contributed by atoms with E-state index < -0.39 is 17.8 Å². The average molecular weight is 247 g/mol. The van der Waals surface area contributed by atoms with Crippen molar-refractivity contribution in [3.8, 4) is 11.8 Å². The molecule has 0 heterocycles. The van der Waals surface area contributed by atoms with Crippen molar-refractivity contribution < 1.29 is 19.1 Å². The van der Waals surface area contributed by atoms with Crippen molar-refractivity contribution in [1.82, 2.24) is 0 Å². The molecule has 94 valence electrons. The van der Waals surface area contributed by atoms with Crippen LogP contribution in [0.5, 0.6) is 5.75 Å². The van der Waals surface area contributed by atoms with Gasteiger partial charge in [0, 0.05) is 0 Å². The van der Waals surface area contributed by atoms with Crippen LogP contribution in [0.3, 0.4) is 0 Å². The van der Waals surface area contributed by atoms with E-state index in [9.17, 15) is 9.59 Å². The number of rotatable bonds is 5. The van der Waals surface area contributed by atoms with E-state index in [1.165, 1.54) is 14.2 Å². The second-order valence-corrected chi connectivity index (χ2v) is 3.56. The molecule has 0 bridgehead atoms. The summed E-state index contributed by atoms with van der Waals surface area (Å²) >= 11 is 0. The molecule has 0 aliphatic heterocycles. The number of carbonyl (C=O) groups is 2. The normalized spacial score (nSPS) is 12.9. The van der Waals surface area contributed by atoms with Crippen LogP contribution in [0.4, 0.5) is 0 Å². The van der Waals surface area contributed by atoms with Crippen LogP contribution >= 0.6 is 0 Å². The Morgan fingerprint density at radius 1 is 1.33 bits per heavy atom. The third-order valence-corrected chi connectivity index (χ3v) is 2.59. The molecular formula is C13H13NO4. The van der Waals surface area contributed by atoms with Crippen LogP contribution in [-0.4, -0.2) is 26.5 Å². The minimum Gasteiger partial charge on any atom is -0.497 e. The maximum absolute atomic E-state index is 11.4. The minimum absolute atomic E-state index is 0.434. The molecule has 0 unspecified atom stereocenters. The molecule has 0 aliphatic carbocycles. The number of aldehydes is 1. The lowest BCUT2D eigenvalue weighted by Crippen LogP contribution is -2.24. The highest BCUT2D eigenvalue weighted by atomic mass is 16.5. The summed E-state index contributed by atoms with van der Waals surface area (Å²) in [7, 11) is 2.71. The number of hydrogen-bond acceptors (Lipinski definition) is 5. The van der Waals surface area contributed by atoms with E-state index in [1.807, 2.05) is 6.07 Å². The third-order valence-electron chi connectivity index (χ3n) is 2.59. The highest BCUT2D eigenvalue weighted by Crippen LogP contribution is 2.25. The molecule has 0 aliphatic rings. The first-order valence-electron chi connectivity index (χ1n) is 5.24. The predicted molar refractivity (Wildman–Crippen MR) is 62.9 cm³/mol. The highest BCUT2D eigenvalue weighted by Gasteiger charge is 2.30. The predicted octanol–water partition coefficient (Wildman–Crippen LogP) is 1.29. The summed E-state index contributed by atoms with van der Waals surface area (Å²) in [6, 6.07) is 8.57. The van der Waals surface area contributed by atoms with Gasteiger partial charge in [-0.15, -0.1) is 0 Å². The van der Waals surface area contributed by atoms with Gasteiger partial charge in [0.1, 0.15) is 18.0 Å². The van der Waals surface area contributed by atoms with Gasteiger partial charge in [0.2, 0.25) is 0 Å². The molecule has 0 saturated carbocycles. The van der Waals surface area contributed by atoms with Crippen LogP contribution in [0.2, 0.25) is 0 Å². The van der Waals surface area contributed by atoms with Gasteiger partial charge in [-0.25, -0.2) is 0 Å². The van der Waals surface area contributed by atoms with E-state index in [4.69, 9.17) is 10.00 Å². The van der Waals surface area contributed by atoms with E-state index in [1.54, 1.807) is 24.3 Å². The van der Waals surface area contributed by atoms with Gasteiger partial charge in [0.05, 0.1) is 26.2 Å². The van der Waals surface area contributed by atoms with Crippen molar-refractivity contribution in [3.63, 3.8) is 0 Å². The van der Waals surface area contributed by atoms with Gasteiger partial charge < -0.3 is 14.3 Å². The van der Waals surface area contributed by atoms with Crippen LogP contribution in [-0.2, 0) is 14.3 Å². The Morgan fingerprint density at radius 2 is 1.94 bits per heavy atom. The minimum atomic E-state index is -1.12. The maximum Gasteiger partial charge on any atom is 0.317 e. The van der Waals surface area contributed by atoms with Gasteiger partial charge in [-0.05, 0) is 17.7 Å². The van der Waals surface area contributed by atoms with Gasteiger partial charge in [0.25, 0.3) is 0 Å². The molecule has 0 fully saturated rings. The van der Waals surface area contributed by atoms with Crippen LogP contribution in [0.15, 0.2) is 24.3 Å². The van der Waals surface area contributed by atoms with Crippen molar-refractivity contribution in [2.24, 2.45) is 5.92 Å². The number of benzene rings is 1. The molecule has 1 aromatic rings. The first kappa shape index (κ1) is 13.7. The molecule has 0 aromatic heterocycles. The van der Waals surface area contributed by atoms with Gasteiger partial charge in [-0.3, -0.25) is 4.79 Å². The third kappa shape index (κ3) is 2.86. The molecular weight excluding hydrogens is 234 g/mol. The summed E-state index contributed by atoms with van der Waals surface area (Å²) < 4.78 is 9.50. The summed E-state index contributed by atoms with van der Waals surface area (Å²) in [5.41, 5.74) is 0.570. The van der Waals surface area contributed by atoms with Gasteiger partial charge in [-0.1, -0.05) is 12.1 Å². The standard InChI is InChI=1S/C13H13NO4/c1-17-10-5-3-9(4-6-10)11(7-14)12(8-15)13(16)18-2/h3-6,8,11-12H,1-2H3/t11-,12-/m0/s1. The number of carbonyl (C=O) groups excluding carboxylic acids is 2. The number of nitriles is 1. The summed E-state index contributed by atoms with van der Waals surface area (Å²) in [6.45, 7) is 0. The van der Waals surface area contributed by atoms with E-state index >= 15 is 0 Å². The zero-order chi connectivity index (χ0) is 13.5. The maximum atomic E-state index is 11.4. The van der Waals surface area contributed by atoms with Gasteiger partial charge in [0.15, 0.2) is 0 Å². The second-order valence-electron chi connectivity index (χ2n) is 3.56. The van der Waals surface area contributed by atoms with Crippen LogP contribution in [0.25, 0.3) is 0 Å². The molecule has 1 aromatic carbocycles. The molecule has 0 N–H and O–H groups in total. The molecule has 1 rings (SSSR count). The van der Waals surface area contributed by atoms with E-state index in [0.717, 1.165) is 0 Å². The summed E-state index contributed by atoms with van der Waals surface area (Å²) in [5, 5.41) is 9.10. The monoisotopic (exact) mass is 247 g/mol. The Morgan fingerprint density at radius 3 is 2.33 bits per heavy atom. The Hall–Kier alpha value is -2.35. The SMILES string of the molecule is COC(=O)[C@@H](C=O)[C@@H](C#N)c1ccc(OC)cc1. The smallest absolute Gasteiger partial charge is 0.317 e. The zero-order valence-electron chi connectivity index (χ0n) is 10.1. The average Bonchev–Trinajstić information content (AvgIpc) is 2.44. The van der Waals surface area contributed by atoms with Crippen molar-refractivity contribution in [2.75, 3.05) is 14.2 Å². The van der Waals surface area contributed by atoms with E-state index in [-0.39, 0.29) is 0 Å². The molecule has 0 saturated heterocycles. The summed E-state index contributed by atoms with van der Waals surface area (Å²) in [4.78, 5) is 22.3. The fourth-order valence-electron chi connectivity index (χ4n) is 1.58. The van der Waals surface area contributed by atoms with Crippen molar-refractivity contribution >= 4 is 12.3 Å². The number of ether oxygens (including phenoxy) is 2. The molecule has 0 amide bonds. The highest BCUT2D eigenvalue weighted by molar-refractivity contribution is 5.89. The molecule has 0 spiro atoms. The Kier molecular flexibility index (Phi) is 4.88. The topological polar surface area (TPSA) is 76.4 Å². The number of nitrogens with zero attached hydrogens (tertiary/aromatic N) is 1. The lowest BCUT2D eigenvalue weighted by atomic mass is 9.88. The fraction of sp³-hybridized carbons (Fsp3) is 0.308. The number of methoxy groups -OCH3 is 2. The first-order valence-corrected chi connectivity index (χ1v) is 5.24. The number of esters is 1. The molecule has 0 radical (unpaired) electrons. The summed E-state index contributed by atoms with van der Waals surface area (Å²) in [6.07, 6.45) is 0.434. The number of hydrogen-bond donors (Lipinski definition) is 0. The largest absolute Gasteiger partial charge is 0.497 e. The molecule has 2 atom stereocenters. The second kappa shape index (κ2) is 6.40. The van der Waals surface area contributed by atoms with Crippen molar-refractivity contribution in [3.05, 3.63) is 29.8 Å². The summed E-state index contributed by atoms with van der Waals surface area (Å²) in [5.74, 6) is -2.06. The molecule has 18 heavy (non-hydrogen) atoms. The van der Waals surface area contributed by atoms with Crippen LogP contribution < -0.4 is 4.74 Å². The lowest BCUT2D eigenvalue weighted by Gasteiger charge is -2.14. The fourth-order valence-corrected chi connectivity index (χ4v) is 1.58. The van der Waals surface area contributed by atoms with E-state index in [0.29, 0.717) is 17.6 Å². The first-order chi connectivity index (χ1) is 8.67. The van der Waals surface area contributed by atoms with Gasteiger partial charge in [-0.2, -0.15) is 5.26 Å². The van der Waals surface area contributed by atoms with Crippen LogP contribution in [0.1, 0.15) is 11.5 Å². The van der Waals surface area contributed by atoms with Crippen molar-refractivity contribution in [2.45, 2.75) is 5.92 Å². The Labute approximate surface area is 105 Å².